The van der Waals surface area contributed by atoms with Gasteiger partial charge in [-0.05, 0) is 0 Å². The Bertz CT molecular complexity index is 397. The molecule has 0 aromatic heterocycles. The van der Waals surface area contributed by atoms with Crippen molar-refractivity contribution in [2.45, 2.75) is 54.4 Å². The first-order valence-corrected chi connectivity index (χ1v) is 14.4. The molecule has 0 N–H and O–H groups in total. The monoisotopic (exact) mass is 492 g/mol. The van der Waals surface area contributed by atoms with Gasteiger partial charge in [0.25, 0.3) is 0 Å². The molecular weight excluding hydrogens is 454 g/mol. The Morgan fingerprint density at radius 2 is 1.08 bits per heavy atom. The van der Waals surface area contributed by atoms with Crippen molar-refractivity contribution in [3.05, 3.63) is 62.5 Å². The molecule has 2 atom stereocenters. The number of rotatable bonds is 4. The minimum absolute atomic E-state index is 0. The van der Waals surface area contributed by atoms with Crippen molar-refractivity contribution in [2.75, 3.05) is 0 Å². The molecule has 26 heavy (non-hydrogen) atoms. The summed E-state index contributed by atoms with van der Waals surface area (Å²) in [5.74, 6) is 2.57. The van der Waals surface area contributed by atoms with Crippen LogP contribution >= 0.6 is 24.8 Å². The first-order chi connectivity index (χ1) is 10.5. The number of allylic oxidation sites excluding steroid dienone is 8. The van der Waals surface area contributed by atoms with Gasteiger partial charge >= 0.3 is 30.2 Å². The van der Waals surface area contributed by atoms with Gasteiger partial charge in [-0.1, -0.05) is 78.1 Å². The van der Waals surface area contributed by atoms with Gasteiger partial charge in [0, 0.05) is 0 Å². The Balaban J connectivity index is -0.0000000904. The van der Waals surface area contributed by atoms with Crippen molar-refractivity contribution >= 4 is 31.7 Å². The van der Waals surface area contributed by atoms with Crippen LogP contribution in [-0.2, 0) is 23.3 Å². The topological polar surface area (TPSA) is 0 Å². The van der Waals surface area contributed by atoms with E-state index in [1.54, 1.807) is 23.3 Å². The maximum atomic E-state index is 3.45. The summed E-state index contributed by atoms with van der Waals surface area (Å²) in [5.41, 5.74) is 2.75. The summed E-state index contributed by atoms with van der Waals surface area (Å²) < 4.78 is 0. The average Bonchev–Trinajstić information content (AvgIpc) is 3.19. The predicted molar refractivity (Wildman–Crippen MR) is 125 cm³/mol. The molecule has 154 valence electrons. The molecule has 0 aromatic rings. The molecule has 0 saturated heterocycles. The van der Waals surface area contributed by atoms with Crippen LogP contribution in [0.1, 0.15) is 54.4 Å². The second-order valence-corrected chi connectivity index (χ2v) is 6.30. The van der Waals surface area contributed by atoms with Gasteiger partial charge in [-0.2, -0.15) is 12.2 Å². The summed E-state index contributed by atoms with van der Waals surface area (Å²) in [6.07, 6.45) is 18.0. The van der Waals surface area contributed by atoms with Gasteiger partial charge in [0.1, 0.15) is 0 Å². The van der Waals surface area contributed by atoms with Crippen molar-refractivity contribution in [1.29, 1.82) is 0 Å². The van der Waals surface area contributed by atoms with Gasteiger partial charge < -0.3 is 14.9 Å². The van der Waals surface area contributed by atoms with Gasteiger partial charge in [-0.15, -0.1) is 24.8 Å². The molecule has 0 bridgehead atoms. The fourth-order valence-corrected chi connectivity index (χ4v) is 2.28. The Morgan fingerprint density at radius 3 is 1.19 bits per heavy atom. The molecule has 0 spiro atoms. The standard InChI is InChI=1S/2C10H15.2CH3.2ClH.H2Si.Zr/c2*1-4-9-5-6-10(7-9)8(2)3;;;;;;/h2*5-6,8,10H,4H2,1-3H3;2*1H3;2*1H;1H2;/q4*-1;;;;. The average molecular weight is 495 g/mol. The van der Waals surface area contributed by atoms with E-state index in [1.165, 1.54) is 11.1 Å². The van der Waals surface area contributed by atoms with Gasteiger partial charge in [-0.3, -0.25) is 12.2 Å². The molecule has 0 nitrogen and oxygen atoms in total. The fraction of sp³-hybridized carbons (Fsp3) is 0.545. The van der Waals surface area contributed by atoms with E-state index in [4.69, 9.17) is 0 Å². The van der Waals surface area contributed by atoms with Crippen LogP contribution in [0.3, 0.4) is 0 Å². The summed E-state index contributed by atoms with van der Waals surface area (Å²) in [4.78, 5) is 0. The van der Waals surface area contributed by atoms with E-state index in [1.807, 2.05) is 6.88 Å². The maximum absolute atomic E-state index is 3.45. The van der Waals surface area contributed by atoms with Crippen molar-refractivity contribution < 1.29 is 23.3 Å². The van der Waals surface area contributed by atoms with Crippen LogP contribution in [0.5, 0.6) is 0 Å². The second-order valence-electron chi connectivity index (χ2n) is 6.30. The van der Waals surface area contributed by atoms with E-state index in [0.29, 0.717) is 23.7 Å². The molecule has 2 aliphatic carbocycles. The summed E-state index contributed by atoms with van der Waals surface area (Å²) in [5, 5.41) is 0. The van der Waals surface area contributed by atoms with Crippen LogP contribution in [-0.4, -0.2) is 6.88 Å². The van der Waals surface area contributed by atoms with Gasteiger partial charge in [-0.25, -0.2) is 23.3 Å². The molecule has 2 unspecified atom stereocenters. The molecule has 0 saturated carbocycles. The van der Waals surface area contributed by atoms with Gasteiger partial charge in [0.2, 0.25) is 0 Å². The van der Waals surface area contributed by atoms with Crippen molar-refractivity contribution in [3.8, 4) is 0 Å². The summed E-state index contributed by atoms with van der Waals surface area (Å²) in [6, 6.07) is 0. The second kappa shape index (κ2) is 21.9. The Hall–Kier alpha value is 0.640. The van der Waals surface area contributed by atoms with Crippen LogP contribution < -0.4 is 0 Å². The summed E-state index contributed by atoms with van der Waals surface area (Å²) in [6.45, 7) is 15.2. The van der Waals surface area contributed by atoms with Crippen molar-refractivity contribution in [1.82, 2.24) is 0 Å². The SMILES string of the molecule is CCC1=[C-]C(C(C)C)C=C1.CCC1=[C-]C(C(C)C)C=C1.Cl.Cl.[CH3-].[CH3-].[SiH2]=[Zr]. The van der Waals surface area contributed by atoms with E-state index >= 15 is 0 Å². The summed E-state index contributed by atoms with van der Waals surface area (Å²) >= 11 is 1.58. The summed E-state index contributed by atoms with van der Waals surface area (Å²) in [7, 11) is 0. The number of hydrogen-bond acceptors (Lipinski definition) is 0. The van der Waals surface area contributed by atoms with E-state index in [2.05, 4.69) is 78.0 Å². The molecule has 0 aromatic carbocycles. The Kier molecular flexibility index (Phi) is 31.6. The molecule has 4 heteroatoms. The number of halogens is 2. The van der Waals surface area contributed by atoms with Crippen LogP contribution in [0, 0.1) is 50.7 Å². The third kappa shape index (κ3) is 14.7. The zero-order valence-corrected chi connectivity index (χ0v) is 23.6. The molecule has 2 aliphatic rings. The van der Waals surface area contributed by atoms with Crippen LogP contribution in [0.2, 0.25) is 0 Å². The molecule has 0 radical (unpaired) electrons. The molecule has 0 heterocycles. The molecule has 0 fully saturated rings. The quantitative estimate of drug-likeness (QED) is 0.299. The number of hydrogen-bond donors (Lipinski definition) is 0. The van der Waals surface area contributed by atoms with Crippen molar-refractivity contribution in [3.63, 3.8) is 0 Å². The van der Waals surface area contributed by atoms with Crippen LogP contribution in [0.25, 0.3) is 0 Å². The van der Waals surface area contributed by atoms with E-state index in [-0.39, 0.29) is 39.7 Å². The molecule has 2 rings (SSSR count). The Morgan fingerprint density at radius 1 is 0.808 bits per heavy atom. The zero-order valence-electron chi connectivity index (χ0n) is 18.1. The molecule has 0 aliphatic heterocycles. The van der Waals surface area contributed by atoms with Gasteiger partial charge in [0.05, 0.1) is 0 Å². The predicted octanol–water partition coefficient (Wildman–Crippen LogP) is 6.76. The minimum atomic E-state index is 0. The van der Waals surface area contributed by atoms with Crippen LogP contribution in [0.15, 0.2) is 35.5 Å². The third-order valence-electron chi connectivity index (χ3n) is 3.91. The Labute approximate surface area is 194 Å². The van der Waals surface area contributed by atoms with Crippen molar-refractivity contribution in [2.24, 2.45) is 23.7 Å². The fourth-order valence-electron chi connectivity index (χ4n) is 2.28. The molecular formula is C22H40Cl2SiZr-4. The van der Waals surface area contributed by atoms with Gasteiger partial charge in [0.15, 0.2) is 0 Å². The zero-order chi connectivity index (χ0) is 17.1. The first-order valence-electron chi connectivity index (χ1n) is 8.44. The van der Waals surface area contributed by atoms with Crippen LogP contribution in [0.4, 0.5) is 0 Å². The van der Waals surface area contributed by atoms with E-state index < -0.39 is 0 Å². The first kappa shape index (κ1) is 37.4. The van der Waals surface area contributed by atoms with E-state index in [0.717, 1.165) is 12.8 Å². The third-order valence-corrected chi connectivity index (χ3v) is 3.91. The molecule has 0 amide bonds. The normalized spacial score (nSPS) is 18.6. The van der Waals surface area contributed by atoms with E-state index in [9.17, 15) is 0 Å².